The molecule has 1 aliphatic carbocycles. The van der Waals surface area contributed by atoms with Crippen molar-refractivity contribution in [2.75, 3.05) is 11.1 Å². The van der Waals surface area contributed by atoms with Gasteiger partial charge in [0.15, 0.2) is 0 Å². The zero-order valence-corrected chi connectivity index (χ0v) is 20.9. The number of para-hydroxylation sites is 1. The van der Waals surface area contributed by atoms with Crippen molar-refractivity contribution >= 4 is 17.5 Å². The van der Waals surface area contributed by atoms with Gasteiger partial charge < -0.3 is 21.1 Å². The van der Waals surface area contributed by atoms with Crippen molar-refractivity contribution in [3.63, 3.8) is 0 Å². The number of alkyl halides is 3. The molecule has 0 bridgehead atoms. The zero-order valence-electron chi connectivity index (χ0n) is 20.9. The first-order valence-corrected chi connectivity index (χ1v) is 12.4. The van der Waals surface area contributed by atoms with Crippen LogP contribution in [-0.4, -0.2) is 27.3 Å². The Morgan fingerprint density at radius 3 is 2.33 bits per heavy atom. The maximum atomic E-state index is 13.9. The maximum absolute atomic E-state index is 13.9. The first-order valence-electron chi connectivity index (χ1n) is 12.4. The molecular weight excluding hydrogens is 520 g/mol. The Morgan fingerprint density at radius 2 is 1.67 bits per heavy atom. The zero-order chi connectivity index (χ0) is 28.0. The van der Waals surface area contributed by atoms with Crippen LogP contribution in [0.5, 0.6) is 5.75 Å². The van der Waals surface area contributed by atoms with Gasteiger partial charge in [0.2, 0.25) is 11.8 Å². The van der Waals surface area contributed by atoms with Gasteiger partial charge in [0.1, 0.15) is 17.3 Å². The SMILES string of the molecule is Nc1nc(NCc2ccccc2OC(F)(F)F)nc(C[C@H]2CC[C@H](NCc3ccccc3F)CC2)c1[N+](=O)[O-]. The summed E-state index contributed by atoms with van der Waals surface area (Å²) in [6.07, 6.45) is -1.37. The van der Waals surface area contributed by atoms with Gasteiger partial charge in [-0.1, -0.05) is 36.4 Å². The minimum atomic E-state index is -4.86. The van der Waals surface area contributed by atoms with E-state index in [0.29, 0.717) is 18.5 Å². The number of nitrogen functional groups attached to an aromatic ring is 1. The van der Waals surface area contributed by atoms with Gasteiger partial charge in [-0.2, -0.15) is 4.98 Å². The number of halogens is 4. The van der Waals surface area contributed by atoms with E-state index < -0.39 is 11.3 Å². The van der Waals surface area contributed by atoms with Gasteiger partial charge in [0.05, 0.1) is 4.92 Å². The Hall–Kier alpha value is -4.00. The van der Waals surface area contributed by atoms with Crippen molar-refractivity contribution in [2.45, 2.75) is 57.6 Å². The van der Waals surface area contributed by atoms with Crippen LogP contribution in [0.3, 0.4) is 0 Å². The second kappa shape index (κ2) is 12.2. The van der Waals surface area contributed by atoms with Gasteiger partial charge >= 0.3 is 12.0 Å². The smallest absolute Gasteiger partial charge is 0.405 e. The number of hydrogen-bond donors (Lipinski definition) is 3. The van der Waals surface area contributed by atoms with Gasteiger partial charge in [-0.25, -0.2) is 9.37 Å². The predicted octanol–water partition coefficient (Wildman–Crippen LogP) is 5.51. The lowest BCUT2D eigenvalue weighted by Crippen LogP contribution is -2.33. The maximum Gasteiger partial charge on any atom is 0.573 e. The highest BCUT2D eigenvalue weighted by atomic mass is 19.4. The molecule has 0 saturated heterocycles. The van der Waals surface area contributed by atoms with E-state index in [-0.39, 0.29) is 58.8 Å². The third-order valence-corrected chi connectivity index (χ3v) is 6.67. The Kier molecular flexibility index (Phi) is 8.79. The highest BCUT2D eigenvalue weighted by molar-refractivity contribution is 5.58. The van der Waals surface area contributed by atoms with Gasteiger partial charge in [-0.3, -0.25) is 10.1 Å². The fourth-order valence-electron chi connectivity index (χ4n) is 4.73. The first-order chi connectivity index (χ1) is 18.6. The third kappa shape index (κ3) is 7.76. The van der Waals surface area contributed by atoms with Crippen molar-refractivity contribution in [1.82, 2.24) is 15.3 Å². The lowest BCUT2D eigenvalue weighted by Gasteiger charge is -2.29. The topological polar surface area (TPSA) is 128 Å². The van der Waals surface area contributed by atoms with Crippen molar-refractivity contribution in [3.8, 4) is 5.75 Å². The van der Waals surface area contributed by atoms with Gasteiger partial charge in [-0.15, -0.1) is 13.2 Å². The summed E-state index contributed by atoms with van der Waals surface area (Å²) in [7, 11) is 0. The number of nitrogens with one attached hydrogen (secondary N) is 2. The van der Waals surface area contributed by atoms with E-state index >= 15 is 0 Å². The van der Waals surface area contributed by atoms with Crippen LogP contribution in [0.25, 0.3) is 0 Å². The fourth-order valence-corrected chi connectivity index (χ4v) is 4.73. The van der Waals surface area contributed by atoms with Crippen LogP contribution in [-0.2, 0) is 19.5 Å². The lowest BCUT2D eigenvalue weighted by atomic mass is 9.83. The molecule has 39 heavy (non-hydrogen) atoms. The van der Waals surface area contributed by atoms with Crippen molar-refractivity contribution in [1.29, 1.82) is 0 Å². The summed E-state index contributed by atoms with van der Waals surface area (Å²) >= 11 is 0. The van der Waals surface area contributed by atoms with Crippen molar-refractivity contribution in [3.05, 3.63) is 81.3 Å². The third-order valence-electron chi connectivity index (χ3n) is 6.67. The standard InChI is InChI=1S/C26H28F4N6O3/c27-20-7-3-1-5-17(20)14-32-19-11-9-16(10-12-19)13-21-23(36(37)38)24(31)35-25(34-21)33-15-18-6-2-4-8-22(18)39-26(28,29)30/h1-8,16,19,32H,9-15H2,(H3,31,33,34,35)/t16-,19-. The van der Waals surface area contributed by atoms with Crippen LogP contribution >= 0.6 is 0 Å². The number of benzene rings is 2. The highest BCUT2D eigenvalue weighted by Crippen LogP contribution is 2.33. The average molecular weight is 549 g/mol. The molecule has 0 atom stereocenters. The van der Waals surface area contributed by atoms with Crippen molar-refractivity contribution < 1.29 is 27.2 Å². The number of rotatable bonds is 10. The molecule has 1 aromatic heterocycles. The van der Waals surface area contributed by atoms with E-state index in [4.69, 9.17) is 5.73 Å². The number of aromatic nitrogens is 2. The summed E-state index contributed by atoms with van der Waals surface area (Å²) < 4.78 is 56.1. The van der Waals surface area contributed by atoms with E-state index in [9.17, 15) is 27.7 Å². The first kappa shape index (κ1) is 28.0. The number of nitrogens with zero attached hydrogens (tertiary/aromatic N) is 3. The molecule has 1 fully saturated rings. The van der Waals surface area contributed by atoms with E-state index in [2.05, 4.69) is 25.3 Å². The minimum absolute atomic E-state index is 0.0323. The van der Waals surface area contributed by atoms with Crippen LogP contribution in [0.4, 0.5) is 35.0 Å². The van der Waals surface area contributed by atoms with Crippen LogP contribution in [0, 0.1) is 21.8 Å². The Bertz CT molecular complexity index is 1300. The monoisotopic (exact) mass is 548 g/mol. The van der Waals surface area contributed by atoms with Crippen LogP contribution in [0.15, 0.2) is 48.5 Å². The molecule has 4 rings (SSSR count). The summed E-state index contributed by atoms with van der Waals surface area (Å²) in [6, 6.07) is 12.4. The quantitative estimate of drug-likeness (QED) is 0.172. The number of nitrogens with two attached hydrogens (primary N) is 1. The Balaban J connectivity index is 1.40. The summed E-state index contributed by atoms with van der Waals surface area (Å²) in [5, 5.41) is 17.9. The number of anilines is 2. The molecule has 0 unspecified atom stereocenters. The lowest BCUT2D eigenvalue weighted by molar-refractivity contribution is -0.385. The van der Waals surface area contributed by atoms with Crippen LogP contribution in [0.1, 0.15) is 42.5 Å². The molecule has 9 nitrogen and oxygen atoms in total. The summed E-state index contributed by atoms with van der Waals surface area (Å²) in [4.78, 5) is 19.3. The largest absolute Gasteiger partial charge is 0.573 e. The van der Waals surface area contributed by atoms with Crippen LogP contribution < -0.4 is 21.1 Å². The van der Waals surface area contributed by atoms with E-state index in [1.807, 2.05) is 0 Å². The van der Waals surface area contributed by atoms with E-state index in [1.54, 1.807) is 24.3 Å². The highest BCUT2D eigenvalue weighted by Gasteiger charge is 2.32. The molecule has 0 radical (unpaired) electrons. The summed E-state index contributed by atoms with van der Waals surface area (Å²) in [5.74, 6) is -0.887. The Labute approximate surface area is 221 Å². The molecule has 2 aromatic carbocycles. The minimum Gasteiger partial charge on any atom is -0.405 e. The second-order valence-electron chi connectivity index (χ2n) is 9.39. The fraction of sp³-hybridized carbons (Fsp3) is 0.385. The summed E-state index contributed by atoms with van der Waals surface area (Å²) in [6.45, 7) is 0.295. The normalized spacial score (nSPS) is 17.5. The molecule has 3 aromatic rings. The van der Waals surface area contributed by atoms with Crippen molar-refractivity contribution in [2.24, 2.45) is 5.92 Å². The van der Waals surface area contributed by atoms with Gasteiger partial charge in [0, 0.05) is 30.3 Å². The molecular formula is C26H28F4N6O3. The molecule has 1 saturated carbocycles. The molecule has 1 heterocycles. The molecule has 208 valence electrons. The number of nitro groups is 1. The molecule has 0 aliphatic heterocycles. The average Bonchev–Trinajstić information content (AvgIpc) is 2.87. The summed E-state index contributed by atoms with van der Waals surface area (Å²) in [5.41, 5.74) is 6.47. The van der Waals surface area contributed by atoms with Crippen LogP contribution in [0.2, 0.25) is 0 Å². The van der Waals surface area contributed by atoms with E-state index in [1.165, 1.54) is 24.3 Å². The predicted molar refractivity (Wildman–Crippen MR) is 136 cm³/mol. The van der Waals surface area contributed by atoms with Gasteiger partial charge in [0.25, 0.3) is 0 Å². The Morgan fingerprint density at radius 1 is 1.00 bits per heavy atom. The van der Waals surface area contributed by atoms with E-state index in [0.717, 1.165) is 25.7 Å². The number of hydrogen-bond acceptors (Lipinski definition) is 8. The molecule has 13 heteroatoms. The van der Waals surface area contributed by atoms with Gasteiger partial charge in [-0.05, 0) is 50.2 Å². The second-order valence-corrected chi connectivity index (χ2v) is 9.39. The molecule has 0 amide bonds. The molecule has 0 spiro atoms. The molecule has 4 N–H and O–H groups in total. The number of ether oxygens (including phenoxy) is 1. The molecule has 1 aliphatic rings.